The maximum absolute atomic E-state index is 3.85. The van der Waals surface area contributed by atoms with E-state index >= 15 is 0 Å². The smallest absolute Gasteiger partial charge is 0.0316 e. The van der Waals surface area contributed by atoms with E-state index in [0.29, 0.717) is 16.7 Å². The van der Waals surface area contributed by atoms with Crippen LogP contribution in [0, 0.1) is 34.5 Å². The van der Waals surface area contributed by atoms with Gasteiger partial charge in [-0.15, -0.1) is 5.73 Å². The van der Waals surface area contributed by atoms with Gasteiger partial charge < -0.3 is 0 Å². The zero-order valence-corrected chi connectivity index (χ0v) is 23.4. The monoisotopic (exact) mass is 458 g/mol. The first-order chi connectivity index (χ1) is 16.2. The summed E-state index contributed by atoms with van der Waals surface area (Å²) in [6.45, 7) is 17.5. The number of hydrogen-bond donors (Lipinski definition) is 0. The van der Waals surface area contributed by atoms with Crippen molar-refractivity contribution in [2.75, 3.05) is 0 Å². The normalized spacial score (nSPS) is 36.6. The van der Waals surface area contributed by atoms with Crippen LogP contribution in [0.2, 0.25) is 0 Å². The molecule has 0 saturated heterocycles. The maximum atomic E-state index is 3.85. The lowest BCUT2D eigenvalue weighted by atomic mass is 9.46. The SMILES string of the molecule is CCCCC1=C=C(C)C2=C3C(=C(CC[C@H]4[C@@H](C)CC[C@H]5C(C)(C)CCC[C@]45C)C(C)=CC13)CC2. The summed E-state index contributed by atoms with van der Waals surface area (Å²) in [5, 5.41) is 0. The van der Waals surface area contributed by atoms with Crippen LogP contribution in [-0.4, -0.2) is 0 Å². The fourth-order valence-electron chi connectivity index (χ4n) is 9.58. The number of allylic oxidation sites excluding steroid dienone is 7. The molecule has 0 amide bonds. The Hall–Kier alpha value is -1.26. The first-order valence-corrected chi connectivity index (χ1v) is 14.8. The van der Waals surface area contributed by atoms with E-state index in [1.165, 1.54) is 82.6 Å². The summed E-state index contributed by atoms with van der Waals surface area (Å²) in [5.41, 5.74) is 16.4. The number of unbranched alkanes of at least 4 members (excludes halogenated alkanes) is 1. The van der Waals surface area contributed by atoms with Gasteiger partial charge in [0.05, 0.1) is 0 Å². The van der Waals surface area contributed by atoms with Crippen LogP contribution in [0.3, 0.4) is 0 Å². The molecular weight excluding hydrogens is 408 g/mol. The molecule has 0 heteroatoms. The van der Waals surface area contributed by atoms with Crippen molar-refractivity contribution in [2.45, 2.75) is 126 Å². The lowest BCUT2D eigenvalue weighted by molar-refractivity contribution is -0.0956. The third-order valence-corrected chi connectivity index (χ3v) is 11.2. The zero-order valence-electron chi connectivity index (χ0n) is 23.4. The Balaban J connectivity index is 1.42. The van der Waals surface area contributed by atoms with E-state index in [-0.39, 0.29) is 0 Å². The van der Waals surface area contributed by atoms with Crippen molar-refractivity contribution < 1.29 is 0 Å². The fourth-order valence-corrected chi connectivity index (χ4v) is 9.58. The van der Waals surface area contributed by atoms with E-state index in [0.717, 1.165) is 17.8 Å². The molecular formula is C34H50. The molecule has 34 heavy (non-hydrogen) atoms. The van der Waals surface area contributed by atoms with Crippen LogP contribution in [0.4, 0.5) is 0 Å². The Morgan fingerprint density at radius 3 is 2.53 bits per heavy atom. The summed E-state index contributed by atoms with van der Waals surface area (Å²) in [7, 11) is 0. The number of fused-ring (bicyclic) bond motifs is 1. The summed E-state index contributed by atoms with van der Waals surface area (Å²) in [6, 6.07) is 0. The molecule has 2 fully saturated rings. The van der Waals surface area contributed by atoms with Gasteiger partial charge in [0.1, 0.15) is 0 Å². The third kappa shape index (κ3) is 3.88. The minimum atomic E-state index is 0.527. The number of rotatable bonds is 6. The van der Waals surface area contributed by atoms with E-state index in [1.807, 2.05) is 0 Å². The van der Waals surface area contributed by atoms with Gasteiger partial charge in [0.15, 0.2) is 0 Å². The molecule has 0 nitrogen and oxygen atoms in total. The van der Waals surface area contributed by atoms with Crippen molar-refractivity contribution in [2.24, 2.45) is 34.5 Å². The topological polar surface area (TPSA) is 0 Å². The molecule has 0 radical (unpaired) electrons. The van der Waals surface area contributed by atoms with E-state index in [4.69, 9.17) is 0 Å². The van der Waals surface area contributed by atoms with Crippen molar-refractivity contribution in [3.63, 3.8) is 0 Å². The van der Waals surface area contributed by atoms with Gasteiger partial charge in [-0.2, -0.15) is 0 Å². The van der Waals surface area contributed by atoms with Gasteiger partial charge in [-0.1, -0.05) is 65.5 Å². The van der Waals surface area contributed by atoms with Gasteiger partial charge in [0.2, 0.25) is 0 Å². The van der Waals surface area contributed by atoms with Crippen LogP contribution in [0.15, 0.2) is 50.8 Å². The molecule has 5 aliphatic rings. The third-order valence-electron chi connectivity index (χ3n) is 11.2. The Bertz CT molecular complexity index is 1000. The van der Waals surface area contributed by atoms with Crippen molar-refractivity contribution >= 4 is 0 Å². The average molecular weight is 459 g/mol. The minimum absolute atomic E-state index is 0.527. The van der Waals surface area contributed by atoms with Crippen LogP contribution >= 0.6 is 0 Å². The highest BCUT2D eigenvalue weighted by atomic mass is 14.6. The molecule has 0 spiro atoms. The Labute approximate surface area is 210 Å². The van der Waals surface area contributed by atoms with Gasteiger partial charge >= 0.3 is 0 Å². The van der Waals surface area contributed by atoms with Crippen LogP contribution in [0.1, 0.15) is 126 Å². The highest BCUT2D eigenvalue weighted by molar-refractivity contribution is 5.63. The van der Waals surface area contributed by atoms with Crippen molar-refractivity contribution in [1.82, 2.24) is 0 Å². The average Bonchev–Trinajstić information content (AvgIpc) is 3.21. The maximum Gasteiger partial charge on any atom is 0.0316 e. The molecule has 0 heterocycles. The van der Waals surface area contributed by atoms with Crippen LogP contribution in [-0.2, 0) is 0 Å². The second-order valence-electron chi connectivity index (χ2n) is 13.7. The summed E-state index contributed by atoms with van der Waals surface area (Å²) >= 11 is 0. The molecule has 5 atom stereocenters. The second kappa shape index (κ2) is 9.00. The molecule has 0 aromatic carbocycles. The first-order valence-electron chi connectivity index (χ1n) is 14.8. The zero-order chi connectivity index (χ0) is 24.3. The fraction of sp³-hybridized carbons (Fsp3) is 0.735. The van der Waals surface area contributed by atoms with Gasteiger partial charge in [-0.05, 0) is 134 Å². The van der Waals surface area contributed by atoms with Crippen molar-refractivity contribution in [3.05, 3.63) is 50.8 Å². The van der Waals surface area contributed by atoms with Crippen LogP contribution < -0.4 is 0 Å². The highest BCUT2D eigenvalue weighted by Gasteiger charge is 2.53. The van der Waals surface area contributed by atoms with Gasteiger partial charge in [0, 0.05) is 5.92 Å². The standard InChI is InChI=1S/C34H50/c1-8-9-11-25-20-23(3)27-13-14-28-26(24(4)21-29(25)32(27)28)15-16-30-22(2)12-17-31-33(5,6)18-10-19-34(30,31)7/h21-22,29-31H,8-19H2,1-7H3/t22-,29?,30-,31-,34+/m0/s1. The van der Waals surface area contributed by atoms with E-state index in [9.17, 15) is 0 Å². The summed E-state index contributed by atoms with van der Waals surface area (Å²) < 4.78 is 0. The molecule has 1 unspecified atom stereocenters. The Kier molecular flexibility index (Phi) is 6.47. The Morgan fingerprint density at radius 2 is 1.76 bits per heavy atom. The molecule has 0 aromatic heterocycles. The van der Waals surface area contributed by atoms with Gasteiger partial charge in [-0.3, -0.25) is 0 Å². The molecule has 0 aliphatic heterocycles. The van der Waals surface area contributed by atoms with E-state index in [1.54, 1.807) is 33.4 Å². The highest BCUT2D eigenvalue weighted by Crippen LogP contribution is 2.62. The number of hydrogen-bond acceptors (Lipinski definition) is 0. The molecule has 0 aromatic rings. The predicted molar refractivity (Wildman–Crippen MR) is 147 cm³/mol. The summed E-state index contributed by atoms with van der Waals surface area (Å²) in [5.74, 6) is 3.20. The second-order valence-corrected chi connectivity index (χ2v) is 13.7. The predicted octanol–water partition coefficient (Wildman–Crippen LogP) is 10.3. The van der Waals surface area contributed by atoms with Crippen LogP contribution in [0.25, 0.3) is 0 Å². The Morgan fingerprint density at radius 1 is 1.00 bits per heavy atom. The van der Waals surface area contributed by atoms with Gasteiger partial charge in [-0.25, -0.2) is 0 Å². The molecule has 0 bridgehead atoms. The molecule has 0 N–H and O–H groups in total. The molecule has 186 valence electrons. The van der Waals surface area contributed by atoms with Gasteiger partial charge in [0.25, 0.3) is 0 Å². The molecule has 2 saturated carbocycles. The summed E-state index contributed by atoms with van der Waals surface area (Å²) in [4.78, 5) is 0. The first kappa shape index (κ1) is 24.4. The van der Waals surface area contributed by atoms with E-state index < -0.39 is 0 Å². The van der Waals surface area contributed by atoms with Crippen molar-refractivity contribution in [3.8, 4) is 0 Å². The minimum Gasteiger partial charge on any atom is -0.117 e. The lowest BCUT2D eigenvalue weighted by Crippen LogP contribution is -2.51. The largest absolute Gasteiger partial charge is 0.117 e. The summed E-state index contributed by atoms with van der Waals surface area (Å²) in [6.07, 6.45) is 18.9. The molecule has 5 aliphatic carbocycles. The molecule has 5 rings (SSSR count). The van der Waals surface area contributed by atoms with Crippen LogP contribution in [0.5, 0.6) is 0 Å². The quantitative estimate of drug-likeness (QED) is 0.347. The van der Waals surface area contributed by atoms with E-state index in [2.05, 4.69) is 60.3 Å². The lowest BCUT2D eigenvalue weighted by Gasteiger charge is -2.59. The van der Waals surface area contributed by atoms with Crippen molar-refractivity contribution in [1.29, 1.82) is 0 Å².